The number of rotatable bonds is 8. The van der Waals surface area contributed by atoms with Gasteiger partial charge in [-0.3, -0.25) is 9.69 Å². The van der Waals surface area contributed by atoms with E-state index in [9.17, 15) is 14.4 Å². The lowest BCUT2D eigenvalue weighted by Gasteiger charge is -2.13. The number of imide groups is 1. The molecule has 1 saturated heterocycles. The second-order valence-electron chi connectivity index (χ2n) is 5.32. The van der Waals surface area contributed by atoms with E-state index in [4.69, 9.17) is 25.8 Å². The predicted molar refractivity (Wildman–Crippen MR) is 98.6 cm³/mol. The molecule has 0 bridgehead atoms. The number of nitrogens with zero attached hydrogens (tertiary/aromatic N) is 1. The van der Waals surface area contributed by atoms with Crippen molar-refractivity contribution in [2.75, 3.05) is 26.9 Å². The number of ether oxygens (including phenoxy) is 3. The van der Waals surface area contributed by atoms with Crippen LogP contribution in [0.15, 0.2) is 30.5 Å². The Morgan fingerprint density at radius 3 is 2.74 bits per heavy atom. The number of nitrogens with one attached hydrogen (secondary N) is 1. The Kier molecular flexibility index (Phi) is 6.84. The van der Waals surface area contributed by atoms with Crippen LogP contribution in [0, 0.1) is 0 Å². The molecule has 2 rings (SSSR count). The molecule has 0 radical (unpaired) electrons. The molecule has 1 aliphatic rings. The first-order valence-electron chi connectivity index (χ1n) is 8.02. The average molecular weight is 395 g/mol. The second-order valence-corrected chi connectivity index (χ2v) is 5.73. The van der Waals surface area contributed by atoms with E-state index < -0.39 is 17.9 Å². The summed E-state index contributed by atoms with van der Waals surface area (Å²) in [5.74, 6) is -0.580. The van der Waals surface area contributed by atoms with Crippen molar-refractivity contribution in [3.63, 3.8) is 0 Å². The first kappa shape index (κ1) is 20.3. The van der Waals surface area contributed by atoms with E-state index in [0.717, 1.165) is 4.90 Å². The number of halogens is 1. The van der Waals surface area contributed by atoms with E-state index in [1.165, 1.54) is 25.3 Å². The summed E-state index contributed by atoms with van der Waals surface area (Å²) in [7, 11) is 1.41. The van der Waals surface area contributed by atoms with Gasteiger partial charge in [0.15, 0.2) is 18.1 Å². The highest BCUT2D eigenvalue weighted by atomic mass is 35.5. The molecule has 0 aromatic heterocycles. The maximum Gasteiger partial charge on any atom is 0.344 e. The lowest BCUT2D eigenvalue weighted by molar-refractivity contribution is -0.145. The zero-order chi connectivity index (χ0) is 20.0. The fourth-order valence-electron chi connectivity index (χ4n) is 2.33. The number of esters is 1. The molecule has 8 nitrogen and oxygen atoms in total. The first-order chi connectivity index (χ1) is 12.9. The Labute approximate surface area is 161 Å². The molecule has 9 heteroatoms. The van der Waals surface area contributed by atoms with Crippen LogP contribution in [-0.2, 0) is 14.3 Å². The summed E-state index contributed by atoms with van der Waals surface area (Å²) in [4.78, 5) is 36.5. The Hall–Kier alpha value is -3.00. The van der Waals surface area contributed by atoms with Crippen LogP contribution >= 0.6 is 11.6 Å². The number of carbonyl (C=O) groups excluding carboxylic acids is 3. The van der Waals surface area contributed by atoms with Crippen LogP contribution in [0.3, 0.4) is 0 Å². The molecule has 1 aliphatic heterocycles. The van der Waals surface area contributed by atoms with Crippen molar-refractivity contribution < 1.29 is 28.6 Å². The van der Waals surface area contributed by atoms with Crippen LogP contribution in [0.4, 0.5) is 4.79 Å². The normalized spacial score (nSPS) is 14.9. The van der Waals surface area contributed by atoms with Crippen LogP contribution in [-0.4, -0.2) is 49.7 Å². The number of benzene rings is 1. The minimum Gasteiger partial charge on any atom is -0.493 e. The minimum atomic E-state index is -0.539. The largest absolute Gasteiger partial charge is 0.493 e. The third kappa shape index (κ3) is 4.79. The maximum atomic E-state index is 12.2. The van der Waals surface area contributed by atoms with Crippen LogP contribution in [0.25, 0.3) is 6.08 Å². The smallest absolute Gasteiger partial charge is 0.344 e. The molecule has 27 heavy (non-hydrogen) atoms. The van der Waals surface area contributed by atoms with Crippen molar-refractivity contribution >= 4 is 35.6 Å². The molecule has 0 atom stereocenters. The second kappa shape index (κ2) is 9.09. The van der Waals surface area contributed by atoms with E-state index in [1.54, 1.807) is 13.0 Å². The standard InChI is InChI=1S/C18H19ClN2O6/c1-4-6-21-17(23)13(20-18(21)24)8-11-7-12(19)16(14(9-11)25-3)27-10-15(22)26-5-2/h4,7-9H,1,5-6,10H2,2-3H3,(H,20,24)/b13-8+. The van der Waals surface area contributed by atoms with Crippen molar-refractivity contribution in [3.05, 3.63) is 41.1 Å². The fourth-order valence-corrected chi connectivity index (χ4v) is 2.60. The summed E-state index contributed by atoms with van der Waals surface area (Å²) in [6.07, 6.45) is 2.92. The number of methoxy groups -OCH3 is 1. The molecule has 0 spiro atoms. The number of hydrogen-bond acceptors (Lipinski definition) is 6. The van der Waals surface area contributed by atoms with Crippen LogP contribution in [0.1, 0.15) is 12.5 Å². The molecule has 3 amide bonds. The molecule has 144 valence electrons. The van der Waals surface area contributed by atoms with E-state index in [0.29, 0.717) is 5.56 Å². The zero-order valence-electron chi connectivity index (χ0n) is 14.9. The van der Waals surface area contributed by atoms with Gasteiger partial charge in [-0.25, -0.2) is 9.59 Å². The zero-order valence-corrected chi connectivity index (χ0v) is 15.7. The van der Waals surface area contributed by atoms with Gasteiger partial charge in [0.1, 0.15) is 5.70 Å². The number of carbonyl (C=O) groups is 3. The summed E-state index contributed by atoms with van der Waals surface area (Å²) in [5.41, 5.74) is 0.601. The first-order valence-corrected chi connectivity index (χ1v) is 8.40. The lowest BCUT2D eigenvalue weighted by Crippen LogP contribution is -2.30. The van der Waals surface area contributed by atoms with Crippen LogP contribution < -0.4 is 14.8 Å². The van der Waals surface area contributed by atoms with E-state index in [2.05, 4.69) is 11.9 Å². The topological polar surface area (TPSA) is 94.2 Å². The predicted octanol–water partition coefficient (Wildman–Crippen LogP) is 2.37. The Morgan fingerprint density at radius 1 is 1.37 bits per heavy atom. The third-order valence-electron chi connectivity index (χ3n) is 3.48. The van der Waals surface area contributed by atoms with Crippen molar-refractivity contribution in [1.82, 2.24) is 10.2 Å². The molecular formula is C18H19ClN2O6. The van der Waals surface area contributed by atoms with E-state index >= 15 is 0 Å². The van der Waals surface area contributed by atoms with Gasteiger partial charge in [0.2, 0.25) is 0 Å². The molecule has 0 unspecified atom stereocenters. The van der Waals surface area contributed by atoms with Gasteiger partial charge in [-0.1, -0.05) is 17.7 Å². The highest BCUT2D eigenvalue weighted by Crippen LogP contribution is 2.37. The summed E-state index contributed by atoms with van der Waals surface area (Å²) in [6.45, 7) is 5.22. The molecule has 1 heterocycles. The summed E-state index contributed by atoms with van der Waals surface area (Å²) >= 11 is 6.22. The number of urea groups is 1. The summed E-state index contributed by atoms with van der Waals surface area (Å²) in [5, 5.41) is 2.66. The van der Waals surface area contributed by atoms with Crippen molar-refractivity contribution in [2.24, 2.45) is 0 Å². The molecule has 1 fully saturated rings. The summed E-state index contributed by atoms with van der Waals surface area (Å²) < 4.78 is 15.4. The molecule has 0 aliphatic carbocycles. The monoisotopic (exact) mass is 394 g/mol. The van der Waals surface area contributed by atoms with Gasteiger partial charge >= 0.3 is 12.0 Å². The highest BCUT2D eigenvalue weighted by Gasteiger charge is 2.32. The van der Waals surface area contributed by atoms with Gasteiger partial charge < -0.3 is 19.5 Å². The number of hydrogen-bond donors (Lipinski definition) is 1. The molecule has 1 N–H and O–H groups in total. The van der Waals surface area contributed by atoms with Gasteiger partial charge in [-0.05, 0) is 30.7 Å². The summed E-state index contributed by atoms with van der Waals surface area (Å²) in [6, 6.07) is 2.56. The lowest BCUT2D eigenvalue weighted by atomic mass is 10.1. The Bertz CT molecular complexity index is 805. The van der Waals surface area contributed by atoms with Crippen molar-refractivity contribution in [3.8, 4) is 11.5 Å². The van der Waals surface area contributed by atoms with Crippen LogP contribution in [0.2, 0.25) is 5.02 Å². The van der Waals surface area contributed by atoms with Crippen molar-refractivity contribution in [2.45, 2.75) is 6.92 Å². The third-order valence-corrected chi connectivity index (χ3v) is 3.76. The maximum absolute atomic E-state index is 12.2. The Balaban J connectivity index is 2.26. The van der Waals surface area contributed by atoms with Gasteiger partial charge in [0, 0.05) is 6.54 Å². The number of amides is 3. The Morgan fingerprint density at radius 2 is 2.11 bits per heavy atom. The van der Waals surface area contributed by atoms with Gasteiger partial charge in [0.05, 0.1) is 18.7 Å². The quantitative estimate of drug-likeness (QED) is 0.315. The molecule has 0 saturated carbocycles. The van der Waals surface area contributed by atoms with Gasteiger partial charge in [-0.2, -0.15) is 0 Å². The van der Waals surface area contributed by atoms with E-state index in [-0.39, 0.29) is 42.0 Å². The van der Waals surface area contributed by atoms with E-state index in [1.807, 2.05) is 0 Å². The SMILES string of the molecule is C=CCN1C(=O)N/C(=C/c2cc(Cl)c(OCC(=O)OCC)c(OC)c2)C1=O. The molecule has 1 aromatic carbocycles. The molecular weight excluding hydrogens is 376 g/mol. The minimum absolute atomic E-state index is 0.0974. The average Bonchev–Trinajstić information content (AvgIpc) is 2.88. The highest BCUT2D eigenvalue weighted by molar-refractivity contribution is 6.32. The molecule has 1 aromatic rings. The van der Waals surface area contributed by atoms with Crippen LogP contribution in [0.5, 0.6) is 11.5 Å². The van der Waals surface area contributed by atoms with Gasteiger partial charge in [-0.15, -0.1) is 6.58 Å². The fraction of sp³-hybridized carbons (Fsp3) is 0.278. The van der Waals surface area contributed by atoms with Gasteiger partial charge in [0.25, 0.3) is 5.91 Å². The van der Waals surface area contributed by atoms with Crippen molar-refractivity contribution in [1.29, 1.82) is 0 Å².